The smallest absolute Gasteiger partial charge is 0.275 e. The molecular weight excluding hydrogens is 260 g/mol. The van der Waals surface area contributed by atoms with Crippen molar-refractivity contribution in [3.63, 3.8) is 0 Å². The van der Waals surface area contributed by atoms with Gasteiger partial charge in [-0.25, -0.2) is 0 Å². The largest absolute Gasteiger partial charge is 0.457 e. The summed E-state index contributed by atoms with van der Waals surface area (Å²) in [5.41, 5.74) is 3.07. The Labute approximate surface area is 114 Å². The van der Waals surface area contributed by atoms with E-state index in [9.17, 15) is 10.1 Å². The first-order valence-electron chi connectivity index (χ1n) is 5.56. The third-order valence-electron chi connectivity index (χ3n) is 2.49. The van der Waals surface area contributed by atoms with Gasteiger partial charge in [-0.1, -0.05) is 0 Å². The number of nitrogens with one attached hydrogen (secondary N) is 1. The minimum Gasteiger partial charge on any atom is -0.457 e. The predicted molar refractivity (Wildman–Crippen MR) is 72.1 cm³/mol. The first-order valence-corrected chi connectivity index (χ1v) is 5.56. The summed E-state index contributed by atoms with van der Waals surface area (Å²) in [4.78, 5) is 10.3. The van der Waals surface area contributed by atoms with Crippen molar-refractivity contribution in [2.45, 2.75) is 0 Å². The van der Waals surface area contributed by atoms with Gasteiger partial charge in [0.05, 0.1) is 28.3 Å². The highest BCUT2D eigenvalue weighted by atomic mass is 16.6. The number of nitrogen functional groups attached to an aromatic ring is 1. The number of nitrogens with zero attached hydrogens (tertiary/aromatic N) is 2. The predicted octanol–water partition coefficient (Wildman–Crippen LogP) is 2.54. The van der Waals surface area contributed by atoms with Crippen molar-refractivity contribution in [3.05, 3.63) is 58.1 Å². The molecule has 2 aromatic carbocycles. The summed E-state index contributed by atoms with van der Waals surface area (Å²) in [5, 5.41) is 19.5. The molecule has 0 amide bonds. The molecule has 100 valence electrons. The molecule has 3 N–H and O–H groups in total. The molecule has 0 unspecified atom stereocenters. The van der Waals surface area contributed by atoms with Crippen LogP contribution in [0.3, 0.4) is 0 Å². The van der Waals surface area contributed by atoms with Gasteiger partial charge in [0, 0.05) is 12.1 Å². The number of nitro benzene ring substituents is 1. The third-order valence-corrected chi connectivity index (χ3v) is 2.49. The lowest BCUT2D eigenvalue weighted by molar-refractivity contribution is -0.384. The van der Waals surface area contributed by atoms with Gasteiger partial charge >= 0.3 is 0 Å². The average molecular weight is 270 g/mol. The third kappa shape index (κ3) is 3.01. The van der Waals surface area contributed by atoms with Gasteiger partial charge in [0.15, 0.2) is 0 Å². The van der Waals surface area contributed by atoms with Gasteiger partial charge in [-0.15, -0.1) is 0 Å². The van der Waals surface area contributed by atoms with Crippen LogP contribution in [-0.2, 0) is 0 Å². The number of hydrogen-bond acceptors (Lipinski definition) is 6. The normalized spacial score (nSPS) is 9.60. The average Bonchev–Trinajstić information content (AvgIpc) is 2.47. The van der Waals surface area contributed by atoms with Gasteiger partial charge in [0.25, 0.3) is 5.69 Å². The Bertz CT molecular complexity index is 677. The van der Waals surface area contributed by atoms with Crippen LogP contribution >= 0.6 is 0 Å². The van der Waals surface area contributed by atoms with Crippen LogP contribution in [0.4, 0.5) is 11.4 Å². The van der Waals surface area contributed by atoms with Crippen LogP contribution in [0.2, 0.25) is 0 Å². The summed E-state index contributed by atoms with van der Waals surface area (Å²) in [6.07, 6.45) is 0. The summed E-state index contributed by atoms with van der Waals surface area (Å²) in [6.45, 7) is 0. The highest BCUT2D eigenvalue weighted by Gasteiger charge is 2.10. The van der Waals surface area contributed by atoms with Crippen molar-refractivity contribution < 1.29 is 9.66 Å². The molecule has 0 aliphatic rings. The van der Waals surface area contributed by atoms with Crippen molar-refractivity contribution in [2.75, 3.05) is 5.43 Å². The van der Waals surface area contributed by atoms with E-state index in [1.54, 1.807) is 24.3 Å². The zero-order chi connectivity index (χ0) is 14.5. The molecule has 0 aliphatic carbocycles. The maximum Gasteiger partial charge on any atom is 0.275 e. The van der Waals surface area contributed by atoms with Gasteiger partial charge in [-0.2, -0.15) is 5.26 Å². The van der Waals surface area contributed by atoms with E-state index in [-0.39, 0.29) is 11.4 Å². The molecule has 2 rings (SSSR count). The number of hydrazine groups is 1. The minimum atomic E-state index is -0.535. The minimum absolute atomic E-state index is 0.135. The Morgan fingerprint density at radius 1 is 1.20 bits per heavy atom. The van der Waals surface area contributed by atoms with Crippen molar-refractivity contribution in [3.8, 4) is 17.6 Å². The lowest BCUT2D eigenvalue weighted by Crippen LogP contribution is -2.07. The molecule has 20 heavy (non-hydrogen) atoms. The zero-order valence-electron chi connectivity index (χ0n) is 10.2. The first kappa shape index (κ1) is 13.3. The Morgan fingerprint density at radius 2 is 1.90 bits per heavy atom. The summed E-state index contributed by atoms with van der Waals surface area (Å²) < 4.78 is 5.50. The molecule has 0 heterocycles. The lowest BCUT2D eigenvalue weighted by atomic mass is 10.2. The number of nitrogens with two attached hydrogens (primary N) is 1. The fraction of sp³-hybridized carbons (Fsp3) is 0. The second-order valence-corrected chi connectivity index (χ2v) is 3.86. The van der Waals surface area contributed by atoms with Crippen LogP contribution in [-0.4, -0.2) is 4.92 Å². The van der Waals surface area contributed by atoms with Crippen molar-refractivity contribution in [2.24, 2.45) is 5.84 Å². The SMILES string of the molecule is N#Cc1ccc(Oc2cc(NN)cc([N+](=O)[O-])c2)cc1. The number of nitro groups is 1. The van der Waals surface area contributed by atoms with Crippen LogP contribution in [0.5, 0.6) is 11.5 Å². The van der Waals surface area contributed by atoms with Gasteiger partial charge in [-0.3, -0.25) is 16.0 Å². The van der Waals surface area contributed by atoms with Gasteiger partial charge in [-0.05, 0) is 24.3 Å². The number of hydrogen-bond donors (Lipinski definition) is 2. The quantitative estimate of drug-likeness (QED) is 0.501. The molecule has 0 atom stereocenters. The molecule has 0 radical (unpaired) electrons. The maximum atomic E-state index is 10.8. The Morgan fingerprint density at radius 3 is 2.45 bits per heavy atom. The Kier molecular flexibility index (Phi) is 3.79. The number of benzene rings is 2. The molecule has 0 aromatic heterocycles. The topological polar surface area (TPSA) is 114 Å². The summed E-state index contributed by atoms with van der Waals surface area (Å²) in [5.74, 6) is 5.99. The van der Waals surface area contributed by atoms with Gasteiger partial charge in [0.1, 0.15) is 11.5 Å². The summed E-state index contributed by atoms with van der Waals surface area (Å²) in [7, 11) is 0. The van der Waals surface area contributed by atoms with Gasteiger partial charge in [0.2, 0.25) is 0 Å². The van der Waals surface area contributed by atoms with Crippen molar-refractivity contribution >= 4 is 11.4 Å². The molecule has 0 saturated carbocycles. The second-order valence-electron chi connectivity index (χ2n) is 3.86. The van der Waals surface area contributed by atoms with Gasteiger partial charge < -0.3 is 10.2 Å². The van der Waals surface area contributed by atoms with E-state index in [0.717, 1.165) is 0 Å². The molecule has 0 aliphatic heterocycles. The van der Waals surface area contributed by atoms with E-state index in [2.05, 4.69) is 5.43 Å². The number of nitriles is 1. The van der Waals surface area contributed by atoms with E-state index in [0.29, 0.717) is 17.0 Å². The number of rotatable bonds is 4. The van der Waals surface area contributed by atoms with E-state index in [1.165, 1.54) is 18.2 Å². The highest BCUT2D eigenvalue weighted by Crippen LogP contribution is 2.29. The number of anilines is 1. The van der Waals surface area contributed by atoms with E-state index in [1.807, 2.05) is 6.07 Å². The van der Waals surface area contributed by atoms with E-state index >= 15 is 0 Å². The molecule has 2 aromatic rings. The standard InChI is InChI=1S/C13H10N4O3/c14-8-9-1-3-12(4-2-9)20-13-6-10(16-15)5-11(7-13)17(18)19/h1-7,16H,15H2. The molecule has 0 fully saturated rings. The van der Waals surface area contributed by atoms with Crippen LogP contribution in [0, 0.1) is 21.4 Å². The molecular formula is C13H10N4O3. The number of ether oxygens (including phenoxy) is 1. The van der Waals surface area contributed by atoms with E-state index in [4.69, 9.17) is 15.8 Å². The molecule has 7 nitrogen and oxygen atoms in total. The Balaban J connectivity index is 2.30. The first-order chi connectivity index (χ1) is 9.62. The fourth-order valence-corrected chi connectivity index (χ4v) is 1.56. The zero-order valence-corrected chi connectivity index (χ0v) is 10.2. The number of non-ortho nitro benzene ring substituents is 1. The van der Waals surface area contributed by atoms with Crippen LogP contribution in [0.1, 0.15) is 5.56 Å². The second kappa shape index (κ2) is 5.69. The molecule has 0 spiro atoms. The Hall–Kier alpha value is -3.11. The van der Waals surface area contributed by atoms with Crippen LogP contribution in [0.15, 0.2) is 42.5 Å². The molecule has 0 bridgehead atoms. The monoisotopic (exact) mass is 270 g/mol. The fourth-order valence-electron chi connectivity index (χ4n) is 1.56. The van der Waals surface area contributed by atoms with Crippen LogP contribution in [0.25, 0.3) is 0 Å². The van der Waals surface area contributed by atoms with Crippen molar-refractivity contribution in [1.29, 1.82) is 5.26 Å². The van der Waals surface area contributed by atoms with Crippen LogP contribution < -0.4 is 16.0 Å². The lowest BCUT2D eigenvalue weighted by Gasteiger charge is -2.07. The summed E-state index contributed by atoms with van der Waals surface area (Å²) in [6, 6.07) is 12.5. The maximum absolute atomic E-state index is 10.8. The summed E-state index contributed by atoms with van der Waals surface area (Å²) >= 11 is 0. The van der Waals surface area contributed by atoms with E-state index < -0.39 is 4.92 Å². The van der Waals surface area contributed by atoms with Crippen molar-refractivity contribution in [1.82, 2.24) is 0 Å². The highest BCUT2D eigenvalue weighted by molar-refractivity contribution is 5.56. The molecule has 0 saturated heterocycles. The molecule has 7 heteroatoms.